The lowest BCUT2D eigenvalue weighted by Crippen LogP contribution is -2.35. The Kier molecular flexibility index (Phi) is 3.76. The van der Waals surface area contributed by atoms with Crippen molar-refractivity contribution in [3.8, 4) is 0 Å². The Balaban J connectivity index is 1.83. The van der Waals surface area contributed by atoms with Crippen LogP contribution in [0.5, 0.6) is 0 Å². The Bertz CT molecular complexity index is 556. The van der Waals surface area contributed by atoms with Gasteiger partial charge in [0.1, 0.15) is 0 Å². The molecule has 2 N–H and O–H groups in total. The molecule has 2 aliphatic rings. The average molecular weight is 288 g/mol. The summed E-state index contributed by atoms with van der Waals surface area (Å²) in [5, 5.41) is 8.79. The molecule has 1 amide bonds. The number of fused-ring (bicyclic) bond motifs is 1. The van der Waals surface area contributed by atoms with Gasteiger partial charge in [0.25, 0.3) is 5.91 Å². The Morgan fingerprint density at radius 2 is 2.14 bits per heavy atom. The monoisotopic (exact) mass is 288 g/mol. The van der Waals surface area contributed by atoms with E-state index in [1.54, 1.807) is 11.5 Å². The molecule has 4 heteroatoms. The lowest BCUT2D eigenvalue weighted by molar-refractivity contribution is 0.0706. The zero-order valence-electron chi connectivity index (χ0n) is 12.9. The van der Waals surface area contributed by atoms with Gasteiger partial charge in [-0.25, -0.2) is 5.48 Å². The molecular formula is C17H24N2O2. The van der Waals surface area contributed by atoms with Gasteiger partial charge in [-0.15, -0.1) is 0 Å². The van der Waals surface area contributed by atoms with Crippen LogP contribution < -0.4 is 5.48 Å². The van der Waals surface area contributed by atoms with Gasteiger partial charge in [-0.2, -0.15) is 0 Å². The van der Waals surface area contributed by atoms with Crippen molar-refractivity contribution in [3.05, 3.63) is 34.9 Å². The fourth-order valence-corrected chi connectivity index (χ4v) is 3.89. The van der Waals surface area contributed by atoms with Gasteiger partial charge in [0.05, 0.1) is 0 Å². The summed E-state index contributed by atoms with van der Waals surface area (Å²) in [7, 11) is 0. The van der Waals surface area contributed by atoms with Crippen LogP contribution in [-0.4, -0.2) is 35.1 Å². The zero-order chi connectivity index (χ0) is 15.0. The van der Waals surface area contributed by atoms with Gasteiger partial charge in [-0.05, 0) is 74.8 Å². The summed E-state index contributed by atoms with van der Waals surface area (Å²) < 4.78 is 0. The first-order valence-corrected chi connectivity index (χ1v) is 7.83. The van der Waals surface area contributed by atoms with Crippen molar-refractivity contribution in [2.75, 3.05) is 13.1 Å². The topological polar surface area (TPSA) is 52.6 Å². The van der Waals surface area contributed by atoms with Crippen molar-refractivity contribution in [2.24, 2.45) is 5.41 Å². The van der Waals surface area contributed by atoms with Crippen molar-refractivity contribution in [1.82, 2.24) is 10.4 Å². The van der Waals surface area contributed by atoms with Crippen molar-refractivity contribution in [1.29, 1.82) is 0 Å². The van der Waals surface area contributed by atoms with E-state index in [1.165, 1.54) is 37.1 Å². The summed E-state index contributed by atoms with van der Waals surface area (Å²) in [5.41, 5.74) is 5.30. The lowest BCUT2D eigenvalue weighted by Gasteiger charge is -2.35. The second-order valence-electron chi connectivity index (χ2n) is 6.92. The Labute approximate surface area is 126 Å². The van der Waals surface area contributed by atoms with Crippen LogP contribution in [0.2, 0.25) is 0 Å². The van der Waals surface area contributed by atoms with Gasteiger partial charge in [0, 0.05) is 18.2 Å². The lowest BCUT2D eigenvalue weighted by atomic mass is 9.71. The first kappa shape index (κ1) is 14.5. The minimum absolute atomic E-state index is 0.381. The van der Waals surface area contributed by atoms with Crippen LogP contribution >= 0.6 is 0 Å². The first-order valence-electron chi connectivity index (χ1n) is 7.83. The highest BCUT2D eigenvalue weighted by atomic mass is 16.5. The maximum atomic E-state index is 11.6. The molecule has 1 unspecified atom stereocenters. The smallest absolute Gasteiger partial charge is 0.274 e. The Morgan fingerprint density at radius 1 is 1.33 bits per heavy atom. The van der Waals surface area contributed by atoms with Crippen LogP contribution in [0.1, 0.15) is 48.2 Å². The molecule has 1 heterocycles. The van der Waals surface area contributed by atoms with Crippen LogP contribution in [-0.2, 0) is 12.8 Å². The van der Waals surface area contributed by atoms with E-state index < -0.39 is 5.91 Å². The van der Waals surface area contributed by atoms with E-state index in [9.17, 15) is 4.79 Å². The third kappa shape index (κ3) is 2.70. The largest absolute Gasteiger partial charge is 0.300 e. The third-order valence-electron chi connectivity index (χ3n) is 5.26. The predicted molar refractivity (Wildman–Crippen MR) is 81.5 cm³/mol. The zero-order valence-corrected chi connectivity index (χ0v) is 12.9. The minimum atomic E-state index is -0.423. The molecule has 3 rings (SSSR count). The Morgan fingerprint density at radius 3 is 2.81 bits per heavy atom. The number of hydrogen-bond acceptors (Lipinski definition) is 3. The molecule has 21 heavy (non-hydrogen) atoms. The van der Waals surface area contributed by atoms with Crippen LogP contribution in [0.4, 0.5) is 0 Å². The number of nitrogens with one attached hydrogen (secondary N) is 1. The van der Waals surface area contributed by atoms with Crippen molar-refractivity contribution < 1.29 is 10.0 Å². The van der Waals surface area contributed by atoms with Gasteiger partial charge in [0.15, 0.2) is 0 Å². The highest BCUT2D eigenvalue weighted by molar-refractivity contribution is 5.93. The normalized spacial score (nSPS) is 25.3. The van der Waals surface area contributed by atoms with E-state index in [0.29, 0.717) is 17.0 Å². The molecule has 0 radical (unpaired) electrons. The fourth-order valence-electron chi connectivity index (χ4n) is 3.89. The highest BCUT2D eigenvalue weighted by Crippen LogP contribution is 2.43. The highest BCUT2D eigenvalue weighted by Gasteiger charge is 2.41. The van der Waals surface area contributed by atoms with Crippen molar-refractivity contribution in [2.45, 2.75) is 45.6 Å². The minimum Gasteiger partial charge on any atom is -0.300 e. The summed E-state index contributed by atoms with van der Waals surface area (Å²) in [4.78, 5) is 14.1. The maximum Gasteiger partial charge on any atom is 0.274 e. The number of rotatable bonds is 2. The van der Waals surface area contributed by atoms with Crippen molar-refractivity contribution in [3.63, 3.8) is 0 Å². The van der Waals surface area contributed by atoms with Crippen LogP contribution in [0.25, 0.3) is 0 Å². The maximum absolute atomic E-state index is 11.6. The van der Waals surface area contributed by atoms with Gasteiger partial charge < -0.3 is 4.90 Å². The standard InChI is InChI=1S/C17H24N2O2/c1-12(2)19-8-7-17(11-19)6-5-13-3-4-14(16(20)18-21)9-15(13)10-17/h3-4,9,12,21H,5-8,10-11H2,1-2H3,(H,18,20). The molecule has 1 fully saturated rings. The van der Waals surface area contributed by atoms with Crippen molar-refractivity contribution >= 4 is 5.91 Å². The molecule has 1 saturated heterocycles. The molecule has 1 aromatic rings. The fraction of sp³-hybridized carbons (Fsp3) is 0.588. The molecule has 1 aliphatic carbocycles. The molecule has 114 valence electrons. The average Bonchev–Trinajstić information content (AvgIpc) is 2.89. The number of hydrogen-bond donors (Lipinski definition) is 2. The Hall–Kier alpha value is -1.39. The third-order valence-corrected chi connectivity index (χ3v) is 5.26. The summed E-state index contributed by atoms with van der Waals surface area (Å²) in [6, 6.07) is 6.41. The van der Waals surface area contributed by atoms with Gasteiger partial charge in [-0.3, -0.25) is 10.0 Å². The second kappa shape index (κ2) is 5.43. The number of amides is 1. The molecule has 0 saturated carbocycles. The predicted octanol–water partition coefficient (Wildman–Crippen LogP) is 2.39. The van der Waals surface area contributed by atoms with E-state index in [-0.39, 0.29) is 0 Å². The summed E-state index contributed by atoms with van der Waals surface area (Å²) in [6.07, 6.45) is 4.65. The molecule has 1 aliphatic heterocycles. The van der Waals surface area contributed by atoms with Crippen LogP contribution in [0.15, 0.2) is 18.2 Å². The molecule has 4 nitrogen and oxygen atoms in total. The first-order chi connectivity index (χ1) is 10.0. The van der Waals surface area contributed by atoms with Gasteiger partial charge in [-0.1, -0.05) is 6.07 Å². The van der Waals surface area contributed by atoms with E-state index in [4.69, 9.17) is 5.21 Å². The number of benzene rings is 1. The van der Waals surface area contributed by atoms with E-state index in [1.807, 2.05) is 12.1 Å². The molecule has 1 atom stereocenters. The van der Waals surface area contributed by atoms with Gasteiger partial charge >= 0.3 is 0 Å². The molecule has 1 aromatic carbocycles. The molecule has 0 aromatic heterocycles. The van der Waals surface area contributed by atoms with E-state index in [2.05, 4.69) is 18.7 Å². The number of likely N-dealkylation sites (tertiary alicyclic amines) is 1. The number of carbonyl (C=O) groups is 1. The molecular weight excluding hydrogens is 264 g/mol. The summed E-state index contributed by atoms with van der Waals surface area (Å²) >= 11 is 0. The molecule has 1 spiro atoms. The number of carbonyl (C=O) groups excluding carboxylic acids is 1. The number of hydroxylamine groups is 1. The quantitative estimate of drug-likeness (QED) is 0.649. The van der Waals surface area contributed by atoms with Crippen LogP contribution in [0.3, 0.4) is 0 Å². The van der Waals surface area contributed by atoms with E-state index >= 15 is 0 Å². The van der Waals surface area contributed by atoms with E-state index in [0.717, 1.165) is 12.8 Å². The molecule has 0 bridgehead atoms. The summed E-state index contributed by atoms with van der Waals surface area (Å²) in [5.74, 6) is -0.423. The summed E-state index contributed by atoms with van der Waals surface area (Å²) in [6.45, 7) is 6.88. The van der Waals surface area contributed by atoms with Crippen LogP contribution in [0, 0.1) is 5.41 Å². The SMILES string of the molecule is CC(C)N1CCC2(CCc3ccc(C(=O)NO)cc3C2)C1. The second-order valence-corrected chi connectivity index (χ2v) is 6.92. The number of nitrogens with zero attached hydrogens (tertiary/aromatic N) is 1. The van der Waals surface area contributed by atoms with Gasteiger partial charge in [0.2, 0.25) is 0 Å². The number of aryl methyl sites for hydroxylation is 1.